The van der Waals surface area contributed by atoms with Gasteiger partial charge in [-0.3, -0.25) is 14.9 Å². The fraction of sp³-hybridized carbons (Fsp3) is 0.500. The average molecular weight is 280 g/mol. The van der Waals surface area contributed by atoms with Gasteiger partial charge < -0.3 is 15.7 Å². The van der Waals surface area contributed by atoms with Crippen molar-refractivity contribution < 1.29 is 14.8 Å². The number of aromatic nitrogens is 1. The number of piperidine rings is 1. The second-order valence-corrected chi connectivity index (χ2v) is 4.83. The van der Waals surface area contributed by atoms with E-state index in [-0.39, 0.29) is 29.6 Å². The van der Waals surface area contributed by atoms with Crippen LogP contribution in [0, 0.1) is 16.0 Å². The second-order valence-electron chi connectivity index (χ2n) is 4.83. The van der Waals surface area contributed by atoms with E-state index in [1.54, 1.807) is 0 Å². The van der Waals surface area contributed by atoms with Crippen molar-refractivity contribution >= 4 is 17.4 Å². The van der Waals surface area contributed by atoms with Gasteiger partial charge in [-0.2, -0.15) is 0 Å². The number of nitrogens with zero attached hydrogens (tertiary/aromatic N) is 3. The number of carbonyl (C=O) groups is 1. The Bertz CT molecular complexity index is 534. The van der Waals surface area contributed by atoms with Gasteiger partial charge in [-0.25, -0.2) is 4.98 Å². The molecule has 0 saturated carbocycles. The molecule has 0 aliphatic carbocycles. The molecule has 1 amide bonds. The van der Waals surface area contributed by atoms with E-state index in [1.165, 1.54) is 11.0 Å². The van der Waals surface area contributed by atoms with E-state index in [2.05, 4.69) is 4.98 Å². The highest BCUT2D eigenvalue weighted by Gasteiger charge is 2.29. The van der Waals surface area contributed by atoms with E-state index in [4.69, 9.17) is 5.73 Å². The Balaban J connectivity index is 2.28. The van der Waals surface area contributed by atoms with Gasteiger partial charge in [-0.05, 0) is 24.8 Å². The smallest absolute Gasteiger partial charge is 0.300 e. The maximum atomic E-state index is 12.4. The maximum Gasteiger partial charge on any atom is 0.300 e. The molecule has 1 aromatic rings. The van der Waals surface area contributed by atoms with Gasteiger partial charge in [0, 0.05) is 19.7 Å². The van der Waals surface area contributed by atoms with Crippen LogP contribution in [0.1, 0.15) is 23.2 Å². The number of aliphatic hydroxyl groups excluding tert-OH is 1. The van der Waals surface area contributed by atoms with Crippen molar-refractivity contribution in [2.75, 3.05) is 25.4 Å². The van der Waals surface area contributed by atoms with Crippen LogP contribution >= 0.6 is 0 Å². The minimum absolute atomic E-state index is 0.00432. The van der Waals surface area contributed by atoms with Gasteiger partial charge in [0.1, 0.15) is 17.6 Å². The summed E-state index contributed by atoms with van der Waals surface area (Å²) in [4.78, 5) is 27.9. The fourth-order valence-corrected chi connectivity index (χ4v) is 2.35. The molecule has 8 nitrogen and oxygen atoms in total. The summed E-state index contributed by atoms with van der Waals surface area (Å²) in [6, 6.07) is 1.23. The van der Waals surface area contributed by atoms with Crippen LogP contribution in [-0.2, 0) is 0 Å². The average Bonchev–Trinajstić information content (AvgIpc) is 2.46. The zero-order valence-corrected chi connectivity index (χ0v) is 10.9. The van der Waals surface area contributed by atoms with E-state index in [1.807, 2.05) is 0 Å². The van der Waals surface area contributed by atoms with Crippen molar-refractivity contribution in [2.45, 2.75) is 12.8 Å². The molecule has 1 atom stereocenters. The first-order valence-corrected chi connectivity index (χ1v) is 6.33. The van der Waals surface area contributed by atoms with Crippen LogP contribution in [0.5, 0.6) is 0 Å². The highest BCUT2D eigenvalue weighted by molar-refractivity contribution is 5.98. The van der Waals surface area contributed by atoms with Crippen molar-refractivity contribution in [1.29, 1.82) is 0 Å². The third-order valence-corrected chi connectivity index (χ3v) is 3.40. The van der Waals surface area contributed by atoms with Crippen molar-refractivity contribution in [1.82, 2.24) is 9.88 Å². The summed E-state index contributed by atoms with van der Waals surface area (Å²) in [6.07, 6.45) is 2.61. The summed E-state index contributed by atoms with van der Waals surface area (Å²) in [5, 5.41) is 20.1. The van der Waals surface area contributed by atoms with Gasteiger partial charge in [0.05, 0.1) is 4.92 Å². The Labute approximate surface area is 115 Å². The molecular weight excluding hydrogens is 264 g/mol. The Morgan fingerprint density at radius 1 is 1.65 bits per heavy atom. The molecule has 108 valence electrons. The quantitative estimate of drug-likeness (QED) is 0.611. The van der Waals surface area contributed by atoms with Crippen LogP contribution in [0.25, 0.3) is 0 Å². The SMILES string of the molecule is Nc1cc(C(=O)N2CCCC(CO)C2)c([N+](=O)[O-])cn1. The van der Waals surface area contributed by atoms with Gasteiger partial charge in [0.2, 0.25) is 0 Å². The number of hydrogen-bond acceptors (Lipinski definition) is 6. The minimum Gasteiger partial charge on any atom is -0.396 e. The molecular formula is C12H16N4O4. The zero-order chi connectivity index (χ0) is 14.7. The maximum absolute atomic E-state index is 12.4. The highest BCUT2D eigenvalue weighted by Crippen LogP contribution is 2.24. The lowest BCUT2D eigenvalue weighted by atomic mass is 9.98. The largest absolute Gasteiger partial charge is 0.396 e. The van der Waals surface area contributed by atoms with Crippen molar-refractivity contribution in [3.05, 3.63) is 27.9 Å². The lowest BCUT2D eigenvalue weighted by Crippen LogP contribution is -2.41. The molecule has 20 heavy (non-hydrogen) atoms. The zero-order valence-electron chi connectivity index (χ0n) is 10.9. The van der Waals surface area contributed by atoms with Gasteiger partial charge in [0.25, 0.3) is 11.6 Å². The normalized spacial score (nSPS) is 18.9. The molecule has 0 aromatic carbocycles. The molecule has 1 aliphatic heterocycles. The topological polar surface area (TPSA) is 123 Å². The van der Waals surface area contributed by atoms with Gasteiger partial charge in [-0.1, -0.05) is 0 Å². The summed E-state index contributed by atoms with van der Waals surface area (Å²) in [7, 11) is 0. The first kappa shape index (κ1) is 14.2. The summed E-state index contributed by atoms with van der Waals surface area (Å²) in [6.45, 7) is 0.924. The van der Waals surface area contributed by atoms with E-state index in [0.29, 0.717) is 13.1 Å². The Hall–Kier alpha value is -2.22. The van der Waals surface area contributed by atoms with Crippen molar-refractivity contribution in [2.24, 2.45) is 5.92 Å². The summed E-state index contributed by atoms with van der Waals surface area (Å²) in [5.74, 6) is -0.357. The van der Waals surface area contributed by atoms with Gasteiger partial charge >= 0.3 is 0 Å². The number of carbonyl (C=O) groups excluding carboxylic acids is 1. The van der Waals surface area contributed by atoms with E-state index in [9.17, 15) is 20.0 Å². The van der Waals surface area contributed by atoms with Crippen LogP contribution in [0.3, 0.4) is 0 Å². The molecule has 1 aliphatic rings. The Morgan fingerprint density at radius 3 is 3.05 bits per heavy atom. The van der Waals surface area contributed by atoms with Gasteiger partial charge in [-0.15, -0.1) is 0 Å². The van der Waals surface area contributed by atoms with Crippen molar-refractivity contribution in [3.8, 4) is 0 Å². The molecule has 8 heteroatoms. The number of pyridine rings is 1. The molecule has 2 heterocycles. The van der Waals surface area contributed by atoms with Crippen LogP contribution in [0.2, 0.25) is 0 Å². The predicted molar refractivity (Wildman–Crippen MR) is 71.0 cm³/mol. The second kappa shape index (κ2) is 5.83. The number of anilines is 1. The number of aliphatic hydroxyl groups is 1. The summed E-state index contributed by atoms with van der Waals surface area (Å²) >= 11 is 0. The van der Waals surface area contributed by atoms with Crippen molar-refractivity contribution in [3.63, 3.8) is 0 Å². The molecule has 3 N–H and O–H groups in total. The van der Waals surface area contributed by atoms with Crippen LogP contribution in [-0.4, -0.2) is 45.5 Å². The molecule has 1 unspecified atom stereocenters. The Morgan fingerprint density at radius 2 is 2.40 bits per heavy atom. The number of hydrogen-bond donors (Lipinski definition) is 2. The van der Waals surface area contributed by atoms with Crippen LogP contribution < -0.4 is 5.73 Å². The van der Waals surface area contributed by atoms with Crippen LogP contribution in [0.4, 0.5) is 11.5 Å². The lowest BCUT2D eigenvalue weighted by molar-refractivity contribution is -0.385. The molecule has 1 saturated heterocycles. The number of nitro groups is 1. The summed E-state index contributed by atoms with van der Waals surface area (Å²) < 4.78 is 0. The molecule has 2 rings (SSSR count). The highest BCUT2D eigenvalue weighted by atomic mass is 16.6. The molecule has 1 aromatic heterocycles. The molecule has 0 bridgehead atoms. The van der Waals surface area contributed by atoms with Gasteiger partial charge in [0.15, 0.2) is 0 Å². The molecule has 0 radical (unpaired) electrons. The van der Waals surface area contributed by atoms with E-state index < -0.39 is 10.8 Å². The number of likely N-dealkylation sites (tertiary alicyclic amines) is 1. The molecule has 0 spiro atoms. The van der Waals surface area contributed by atoms with E-state index in [0.717, 1.165) is 19.0 Å². The monoisotopic (exact) mass is 280 g/mol. The lowest BCUT2D eigenvalue weighted by Gasteiger charge is -2.31. The van der Waals surface area contributed by atoms with E-state index >= 15 is 0 Å². The number of nitrogens with two attached hydrogens (primary N) is 1. The van der Waals surface area contributed by atoms with Crippen LogP contribution in [0.15, 0.2) is 12.3 Å². The predicted octanol–water partition coefficient (Wildman–Crippen LogP) is 0.417. The standard InChI is InChI=1S/C12H16N4O4/c13-11-4-9(10(5-14-11)16(19)20)12(18)15-3-1-2-8(6-15)7-17/h4-5,8,17H,1-3,6-7H2,(H2,13,14). The summed E-state index contributed by atoms with van der Waals surface area (Å²) in [5.41, 5.74) is 5.10. The number of rotatable bonds is 3. The minimum atomic E-state index is -0.646. The first-order chi connectivity index (χ1) is 9.52. The Kier molecular flexibility index (Phi) is 4.14. The number of nitrogen functional groups attached to an aromatic ring is 1. The fourth-order valence-electron chi connectivity index (χ4n) is 2.35. The third kappa shape index (κ3) is 2.85. The third-order valence-electron chi connectivity index (χ3n) is 3.40. The first-order valence-electron chi connectivity index (χ1n) is 6.33. The molecule has 1 fully saturated rings. The number of amides is 1.